The first-order valence-corrected chi connectivity index (χ1v) is 7.56. The lowest BCUT2D eigenvalue weighted by atomic mass is 10.1. The minimum atomic E-state index is 0.779. The SMILES string of the molecule is CCCCCCCn1ncc(CNC2CC2)c1C. The van der Waals surface area contributed by atoms with E-state index < -0.39 is 0 Å². The summed E-state index contributed by atoms with van der Waals surface area (Å²) in [5, 5.41) is 8.07. The zero-order valence-corrected chi connectivity index (χ0v) is 11.9. The zero-order chi connectivity index (χ0) is 12.8. The molecule has 18 heavy (non-hydrogen) atoms. The molecule has 1 heterocycles. The Labute approximate surface area is 111 Å². The third-order valence-corrected chi connectivity index (χ3v) is 3.84. The molecule has 1 aliphatic carbocycles. The van der Waals surface area contributed by atoms with E-state index in [1.165, 1.54) is 56.2 Å². The molecule has 0 saturated heterocycles. The predicted molar refractivity (Wildman–Crippen MR) is 75.6 cm³/mol. The molecule has 2 rings (SSSR count). The molecule has 3 nitrogen and oxygen atoms in total. The maximum atomic E-state index is 4.51. The first-order chi connectivity index (χ1) is 8.81. The van der Waals surface area contributed by atoms with Crippen LogP contribution in [0, 0.1) is 6.92 Å². The molecule has 0 bridgehead atoms. The van der Waals surface area contributed by atoms with E-state index in [1.807, 2.05) is 6.20 Å². The van der Waals surface area contributed by atoms with Gasteiger partial charge in [-0.1, -0.05) is 32.6 Å². The minimum Gasteiger partial charge on any atom is -0.310 e. The Morgan fingerprint density at radius 3 is 2.78 bits per heavy atom. The second kappa shape index (κ2) is 6.93. The van der Waals surface area contributed by atoms with E-state index in [2.05, 4.69) is 28.9 Å². The maximum absolute atomic E-state index is 4.51. The summed E-state index contributed by atoms with van der Waals surface area (Å²) >= 11 is 0. The molecular weight excluding hydrogens is 222 g/mol. The summed E-state index contributed by atoms with van der Waals surface area (Å²) in [5.74, 6) is 0. The van der Waals surface area contributed by atoms with E-state index in [-0.39, 0.29) is 0 Å². The Bertz CT molecular complexity index is 353. The third-order valence-electron chi connectivity index (χ3n) is 3.84. The quantitative estimate of drug-likeness (QED) is 0.680. The topological polar surface area (TPSA) is 29.9 Å². The van der Waals surface area contributed by atoms with Crippen LogP contribution in [0.1, 0.15) is 63.1 Å². The summed E-state index contributed by atoms with van der Waals surface area (Å²) in [5.41, 5.74) is 2.72. The lowest BCUT2D eigenvalue weighted by molar-refractivity contribution is 0.523. The first-order valence-electron chi connectivity index (χ1n) is 7.56. The molecule has 3 heteroatoms. The van der Waals surface area contributed by atoms with E-state index >= 15 is 0 Å². The number of nitrogens with one attached hydrogen (secondary N) is 1. The van der Waals surface area contributed by atoms with Gasteiger partial charge in [0.15, 0.2) is 0 Å². The molecule has 102 valence electrons. The van der Waals surface area contributed by atoms with Gasteiger partial charge in [0.2, 0.25) is 0 Å². The van der Waals surface area contributed by atoms with Crippen molar-refractivity contribution in [2.45, 2.75) is 77.9 Å². The summed E-state index contributed by atoms with van der Waals surface area (Å²) in [6, 6.07) is 0.779. The second-order valence-corrected chi connectivity index (χ2v) is 5.55. The van der Waals surface area contributed by atoms with Gasteiger partial charge in [0.25, 0.3) is 0 Å². The summed E-state index contributed by atoms with van der Waals surface area (Å²) in [7, 11) is 0. The van der Waals surface area contributed by atoms with Crippen LogP contribution in [-0.4, -0.2) is 15.8 Å². The van der Waals surface area contributed by atoms with Crippen LogP contribution in [0.5, 0.6) is 0 Å². The van der Waals surface area contributed by atoms with Crippen LogP contribution in [0.2, 0.25) is 0 Å². The summed E-state index contributed by atoms with van der Waals surface area (Å²) < 4.78 is 2.18. The molecule has 0 spiro atoms. The smallest absolute Gasteiger partial charge is 0.0537 e. The highest BCUT2D eigenvalue weighted by Gasteiger charge is 2.20. The Hall–Kier alpha value is -0.830. The number of aromatic nitrogens is 2. The van der Waals surface area contributed by atoms with Gasteiger partial charge < -0.3 is 5.32 Å². The van der Waals surface area contributed by atoms with Crippen LogP contribution in [0.3, 0.4) is 0 Å². The molecule has 0 atom stereocenters. The summed E-state index contributed by atoms with van der Waals surface area (Å²) in [4.78, 5) is 0. The largest absolute Gasteiger partial charge is 0.310 e. The van der Waals surface area contributed by atoms with Crippen LogP contribution in [0.4, 0.5) is 0 Å². The van der Waals surface area contributed by atoms with Gasteiger partial charge >= 0.3 is 0 Å². The van der Waals surface area contributed by atoms with Crippen molar-refractivity contribution in [3.63, 3.8) is 0 Å². The van der Waals surface area contributed by atoms with Crippen molar-refractivity contribution >= 4 is 0 Å². The van der Waals surface area contributed by atoms with Gasteiger partial charge in [-0.05, 0) is 26.2 Å². The normalized spacial score (nSPS) is 15.2. The average molecular weight is 249 g/mol. The number of hydrogen-bond acceptors (Lipinski definition) is 2. The van der Waals surface area contributed by atoms with Crippen molar-refractivity contribution in [1.82, 2.24) is 15.1 Å². The fraction of sp³-hybridized carbons (Fsp3) is 0.800. The van der Waals surface area contributed by atoms with E-state index in [4.69, 9.17) is 0 Å². The van der Waals surface area contributed by atoms with Gasteiger partial charge in [-0.3, -0.25) is 4.68 Å². The van der Waals surface area contributed by atoms with Crippen molar-refractivity contribution in [2.75, 3.05) is 0 Å². The van der Waals surface area contributed by atoms with Crippen LogP contribution in [0.15, 0.2) is 6.20 Å². The Morgan fingerprint density at radius 2 is 2.06 bits per heavy atom. The monoisotopic (exact) mass is 249 g/mol. The summed E-state index contributed by atoms with van der Waals surface area (Å²) in [6.45, 7) is 6.53. The number of hydrogen-bond donors (Lipinski definition) is 1. The highest BCUT2D eigenvalue weighted by molar-refractivity contribution is 5.16. The Morgan fingerprint density at radius 1 is 1.28 bits per heavy atom. The van der Waals surface area contributed by atoms with E-state index in [0.717, 1.165) is 19.1 Å². The Balaban J connectivity index is 1.70. The van der Waals surface area contributed by atoms with Crippen LogP contribution in [0.25, 0.3) is 0 Å². The standard InChI is InChI=1S/C15H27N3/c1-3-4-5-6-7-10-18-13(2)14(12-17-18)11-16-15-8-9-15/h12,15-16H,3-11H2,1-2H3. The maximum Gasteiger partial charge on any atom is 0.0537 e. The molecule has 1 aromatic rings. The lowest BCUT2D eigenvalue weighted by Gasteiger charge is -2.06. The fourth-order valence-electron chi connectivity index (χ4n) is 2.29. The molecule has 0 aromatic carbocycles. The zero-order valence-electron chi connectivity index (χ0n) is 11.9. The molecule has 1 aliphatic rings. The summed E-state index contributed by atoms with van der Waals surface area (Å²) in [6.07, 6.45) is 11.4. The van der Waals surface area contributed by atoms with Crippen molar-refractivity contribution < 1.29 is 0 Å². The minimum absolute atomic E-state index is 0.779. The molecular formula is C15H27N3. The van der Waals surface area contributed by atoms with Crippen molar-refractivity contribution in [3.05, 3.63) is 17.5 Å². The highest BCUT2D eigenvalue weighted by atomic mass is 15.3. The van der Waals surface area contributed by atoms with Crippen LogP contribution >= 0.6 is 0 Å². The second-order valence-electron chi connectivity index (χ2n) is 5.55. The third kappa shape index (κ3) is 4.13. The van der Waals surface area contributed by atoms with E-state index in [9.17, 15) is 0 Å². The molecule has 0 aliphatic heterocycles. The van der Waals surface area contributed by atoms with E-state index in [1.54, 1.807) is 0 Å². The molecule has 1 fully saturated rings. The highest BCUT2D eigenvalue weighted by Crippen LogP contribution is 2.20. The number of nitrogens with zero attached hydrogens (tertiary/aromatic N) is 2. The van der Waals surface area contributed by atoms with Gasteiger partial charge in [-0.25, -0.2) is 0 Å². The van der Waals surface area contributed by atoms with E-state index in [0.29, 0.717) is 0 Å². The molecule has 1 saturated carbocycles. The predicted octanol–water partition coefficient (Wildman–Crippen LogP) is 3.41. The molecule has 0 radical (unpaired) electrons. The van der Waals surface area contributed by atoms with Gasteiger partial charge in [0, 0.05) is 30.4 Å². The number of aryl methyl sites for hydroxylation is 1. The first kappa shape index (κ1) is 13.6. The fourth-order valence-corrected chi connectivity index (χ4v) is 2.29. The number of unbranched alkanes of at least 4 members (excludes halogenated alkanes) is 4. The molecule has 0 amide bonds. The van der Waals surface area contributed by atoms with Crippen LogP contribution < -0.4 is 5.32 Å². The van der Waals surface area contributed by atoms with Crippen LogP contribution in [-0.2, 0) is 13.1 Å². The van der Waals surface area contributed by atoms with Gasteiger partial charge in [0.1, 0.15) is 0 Å². The molecule has 1 aromatic heterocycles. The van der Waals surface area contributed by atoms with Crippen molar-refractivity contribution in [3.8, 4) is 0 Å². The molecule has 1 N–H and O–H groups in total. The van der Waals surface area contributed by atoms with Crippen molar-refractivity contribution in [1.29, 1.82) is 0 Å². The molecule has 0 unspecified atom stereocenters. The average Bonchev–Trinajstić information content (AvgIpc) is 3.13. The number of rotatable bonds is 9. The van der Waals surface area contributed by atoms with Gasteiger partial charge in [-0.15, -0.1) is 0 Å². The lowest BCUT2D eigenvalue weighted by Crippen LogP contribution is -2.15. The van der Waals surface area contributed by atoms with Crippen molar-refractivity contribution in [2.24, 2.45) is 0 Å². The Kier molecular flexibility index (Phi) is 5.24. The van der Waals surface area contributed by atoms with Gasteiger partial charge in [-0.2, -0.15) is 5.10 Å². The van der Waals surface area contributed by atoms with Gasteiger partial charge in [0.05, 0.1) is 6.20 Å².